The van der Waals surface area contributed by atoms with Gasteiger partial charge in [0.25, 0.3) is 0 Å². The zero-order chi connectivity index (χ0) is 21.8. The molecule has 0 unspecified atom stereocenters. The number of benzene rings is 2. The molecule has 1 amide bonds. The maximum Gasteiger partial charge on any atom is 0.226 e. The highest BCUT2D eigenvalue weighted by molar-refractivity contribution is 7.21. The predicted octanol–water partition coefficient (Wildman–Crippen LogP) is 5.14. The zero-order valence-electron chi connectivity index (χ0n) is 17.8. The van der Waals surface area contributed by atoms with Gasteiger partial charge < -0.3 is 15.0 Å². The second kappa shape index (κ2) is 9.14. The molecule has 31 heavy (non-hydrogen) atoms. The van der Waals surface area contributed by atoms with Crippen molar-refractivity contribution in [1.82, 2.24) is 9.97 Å². The fourth-order valence-corrected chi connectivity index (χ4v) is 4.40. The summed E-state index contributed by atoms with van der Waals surface area (Å²) < 4.78 is 5.34. The Balaban J connectivity index is 1.47. The highest BCUT2D eigenvalue weighted by Gasteiger charge is 2.15. The minimum Gasteiger partial charge on any atom is -0.495 e. The highest BCUT2D eigenvalue weighted by Crippen LogP contribution is 2.35. The van der Waals surface area contributed by atoms with E-state index in [-0.39, 0.29) is 5.91 Å². The summed E-state index contributed by atoms with van der Waals surface area (Å²) in [5.41, 5.74) is 2.90. The van der Waals surface area contributed by atoms with Crippen molar-refractivity contribution in [3.8, 4) is 16.2 Å². The Morgan fingerprint density at radius 2 is 1.94 bits per heavy atom. The van der Waals surface area contributed by atoms with Gasteiger partial charge in [-0.05, 0) is 36.2 Å². The van der Waals surface area contributed by atoms with Gasteiger partial charge in [0.15, 0.2) is 0 Å². The van der Waals surface area contributed by atoms with Crippen LogP contribution in [0.3, 0.4) is 0 Å². The summed E-state index contributed by atoms with van der Waals surface area (Å²) in [6, 6.07) is 18.1. The minimum atomic E-state index is -0.0728. The number of thiophene rings is 1. The number of hydrogen-bond donors (Lipinski definition) is 1. The second-order valence-electron chi connectivity index (χ2n) is 7.32. The first-order valence-corrected chi connectivity index (χ1v) is 10.8. The number of hydrogen-bond acceptors (Lipinski definition) is 6. The minimum absolute atomic E-state index is 0.0728. The molecule has 1 N–H and O–H groups in total. The van der Waals surface area contributed by atoms with Crippen LogP contribution in [-0.2, 0) is 4.79 Å². The number of anilines is 2. The number of nitrogens with zero attached hydrogens (tertiary/aromatic N) is 3. The number of ether oxygens (including phenoxy) is 1. The molecule has 0 saturated carbocycles. The molecular formula is C24H24N4O2S. The van der Waals surface area contributed by atoms with Crippen LogP contribution in [0, 0.1) is 6.92 Å². The highest BCUT2D eigenvalue weighted by atomic mass is 32.1. The standard InChI is InChI=1S/C24H24N4O2S/c1-16-9-10-20(30-3)19(13-16)27-22(29)11-12-28(2)23-18-14-21(17-7-5-4-6-8-17)31-24(18)26-15-25-23/h4-10,13-15H,11-12H2,1-3H3,(H,27,29). The van der Waals surface area contributed by atoms with Crippen LogP contribution in [0.4, 0.5) is 11.5 Å². The number of aryl methyl sites for hydroxylation is 1. The average Bonchev–Trinajstić information content (AvgIpc) is 3.23. The molecule has 2 heterocycles. The first-order chi connectivity index (χ1) is 15.0. The van der Waals surface area contributed by atoms with Gasteiger partial charge in [-0.25, -0.2) is 9.97 Å². The van der Waals surface area contributed by atoms with Crippen LogP contribution in [0.2, 0.25) is 0 Å². The number of amides is 1. The summed E-state index contributed by atoms with van der Waals surface area (Å²) in [4.78, 5) is 25.6. The van der Waals surface area contributed by atoms with E-state index in [1.165, 1.54) is 0 Å². The van der Waals surface area contributed by atoms with Crippen molar-refractivity contribution in [1.29, 1.82) is 0 Å². The van der Waals surface area contributed by atoms with E-state index in [0.717, 1.165) is 32.0 Å². The van der Waals surface area contributed by atoms with E-state index in [1.807, 2.05) is 55.3 Å². The molecule has 7 heteroatoms. The third-order valence-corrected chi connectivity index (χ3v) is 6.12. The summed E-state index contributed by atoms with van der Waals surface area (Å²) in [7, 11) is 3.54. The third-order valence-electron chi connectivity index (χ3n) is 5.03. The van der Waals surface area contributed by atoms with Gasteiger partial charge in [0.05, 0.1) is 18.2 Å². The fourth-order valence-electron chi connectivity index (χ4n) is 3.40. The molecule has 0 aliphatic rings. The van der Waals surface area contributed by atoms with Gasteiger partial charge in [-0.3, -0.25) is 4.79 Å². The Bertz CT molecular complexity index is 1210. The van der Waals surface area contributed by atoms with E-state index in [4.69, 9.17) is 4.74 Å². The van der Waals surface area contributed by atoms with Gasteiger partial charge >= 0.3 is 0 Å². The Morgan fingerprint density at radius 3 is 2.71 bits per heavy atom. The summed E-state index contributed by atoms with van der Waals surface area (Å²) in [6.45, 7) is 2.51. The number of methoxy groups -OCH3 is 1. The largest absolute Gasteiger partial charge is 0.495 e. The van der Waals surface area contributed by atoms with Gasteiger partial charge in [0, 0.05) is 24.9 Å². The van der Waals surface area contributed by atoms with Crippen LogP contribution >= 0.6 is 11.3 Å². The van der Waals surface area contributed by atoms with Gasteiger partial charge in [-0.2, -0.15) is 0 Å². The molecule has 0 atom stereocenters. The Morgan fingerprint density at radius 1 is 1.13 bits per heavy atom. The van der Waals surface area contributed by atoms with Gasteiger partial charge in [0.2, 0.25) is 5.91 Å². The monoisotopic (exact) mass is 432 g/mol. The molecule has 0 saturated heterocycles. The first kappa shape index (κ1) is 20.8. The molecule has 6 nitrogen and oxygen atoms in total. The van der Waals surface area contributed by atoms with Crippen molar-refractivity contribution in [2.75, 3.05) is 30.9 Å². The lowest BCUT2D eigenvalue weighted by Crippen LogP contribution is -2.25. The molecule has 0 spiro atoms. The number of aromatic nitrogens is 2. The first-order valence-electron chi connectivity index (χ1n) is 10.0. The molecule has 0 radical (unpaired) electrons. The normalized spacial score (nSPS) is 10.8. The van der Waals surface area contributed by atoms with Crippen molar-refractivity contribution < 1.29 is 9.53 Å². The van der Waals surface area contributed by atoms with Crippen molar-refractivity contribution in [3.05, 3.63) is 66.5 Å². The van der Waals surface area contributed by atoms with E-state index < -0.39 is 0 Å². The average molecular weight is 433 g/mol. The lowest BCUT2D eigenvalue weighted by molar-refractivity contribution is -0.116. The zero-order valence-corrected chi connectivity index (χ0v) is 18.6. The molecule has 158 valence electrons. The van der Waals surface area contributed by atoms with Crippen molar-refractivity contribution in [3.63, 3.8) is 0 Å². The van der Waals surface area contributed by atoms with Crippen molar-refractivity contribution >= 4 is 39.0 Å². The number of nitrogens with one attached hydrogen (secondary N) is 1. The summed E-state index contributed by atoms with van der Waals surface area (Å²) >= 11 is 1.64. The van der Waals surface area contributed by atoms with E-state index in [9.17, 15) is 4.79 Å². The summed E-state index contributed by atoms with van der Waals surface area (Å²) in [5.74, 6) is 1.40. The van der Waals surface area contributed by atoms with E-state index >= 15 is 0 Å². The maximum atomic E-state index is 12.6. The Labute approximate surface area is 185 Å². The molecular weight excluding hydrogens is 408 g/mol. The van der Waals surface area contributed by atoms with E-state index in [0.29, 0.717) is 24.4 Å². The number of rotatable bonds is 7. The van der Waals surface area contributed by atoms with Crippen LogP contribution in [0.25, 0.3) is 20.7 Å². The van der Waals surface area contributed by atoms with E-state index in [2.05, 4.69) is 33.5 Å². The topological polar surface area (TPSA) is 67.3 Å². The lowest BCUT2D eigenvalue weighted by atomic mass is 10.2. The molecule has 0 aliphatic heterocycles. The molecule has 0 fully saturated rings. The SMILES string of the molecule is COc1ccc(C)cc1NC(=O)CCN(C)c1ncnc2sc(-c3ccccc3)cc12. The Hall–Kier alpha value is -3.45. The second-order valence-corrected chi connectivity index (χ2v) is 8.35. The summed E-state index contributed by atoms with van der Waals surface area (Å²) in [5, 5.41) is 3.95. The van der Waals surface area contributed by atoms with E-state index in [1.54, 1.807) is 24.8 Å². The fraction of sp³-hybridized carbons (Fsp3) is 0.208. The smallest absolute Gasteiger partial charge is 0.226 e. The number of carbonyl (C=O) groups is 1. The predicted molar refractivity (Wildman–Crippen MR) is 127 cm³/mol. The molecule has 4 aromatic rings. The molecule has 0 bridgehead atoms. The van der Waals surface area contributed by atoms with Crippen molar-refractivity contribution in [2.45, 2.75) is 13.3 Å². The molecule has 2 aromatic heterocycles. The molecule has 4 rings (SSSR count). The summed E-state index contributed by atoms with van der Waals surface area (Å²) in [6.07, 6.45) is 1.91. The van der Waals surface area contributed by atoms with Gasteiger partial charge in [-0.1, -0.05) is 36.4 Å². The van der Waals surface area contributed by atoms with Crippen LogP contribution in [-0.4, -0.2) is 36.6 Å². The number of carbonyl (C=O) groups excluding carboxylic acids is 1. The quantitative estimate of drug-likeness (QED) is 0.438. The Kier molecular flexibility index (Phi) is 6.13. The number of fused-ring (bicyclic) bond motifs is 1. The van der Waals surface area contributed by atoms with Gasteiger partial charge in [-0.15, -0.1) is 11.3 Å². The van der Waals surface area contributed by atoms with Crippen LogP contribution < -0.4 is 15.0 Å². The van der Waals surface area contributed by atoms with Crippen molar-refractivity contribution in [2.24, 2.45) is 0 Å². The lowest BCUT2D eigenvalue weighted by Gasteiger charge is -2.18. The van der Waals surface area contributed by atoms with Crippen LogP contribution in [0.5, 0.6) is 5.75 Å². The van der Waals surface area contributed by atoms with Crippen LogP contribution in [0.15, 0.2) is 60.9 Å². The van der Waals surface area contributed by atoms with Crippen LogP contribution in [0.1, 0.15) is 12.0 Å². The van der Waals surface area contributed by atoms with Gasteiger partial charge in [0.1, 0.15) is 22.7 Å². The molecule has 0 aliphatic carbocycles. The molecule has 2 aromatic carbocycles. The third kappa shape index (κ3) is 4.67. The maximum absolute atomic E-state index is 12.6.